The average molecular weight is 1430 g/mol. The number of unbranched alkanes of at least 4 members (excludes halogenated alkanes) is 4. The highest BCUT2D eigenvalue weighted by molar-refractivity contribution is 7.47. The molecule has 1 aliphatic rings. The van der Waals surface area contributed by atoms with E-state index < -0.39 is 105 Å². The number of benzene rings is 3. The number of carbonyl (C=O) groups excluding carboxylic acids is 4. The molecule has 3 aromatic carbocycles. The van der Waals surface area contributed by atoms with Crippen molar-refractivity contribution in [2.75, 3.05) is 92.4 Å². The minimum Gasteiger partial charge on any atom is -0.462 e. The lowest BCUT2D eigenvalue weighted by atomic mass is 9.85. The van der Waals surface area contributed by atoms with Crippen LogP contribution in [0.3, 0.4) is 0 Å². The number of nitrogens with zero attached hydrogens (tertiary/aromatic N) is 2. The van der Waals surface area contributed by atoms with Gasteiger partial charge in [0.15, 0.2) is 6.10 Å². The lowest BCUT2D eigenvalue weighted by Crippen LogP contribution is -2.65. The van der Waals surface area contributed by atoms with Crippen molar-refractivity contribution < 1.29 is 147 Å². The molecule has 1 aromatic heterocycles. The summed E-state index contributed by atoms with van der Waals surface area (Å²) in [6, 6.07) is 25.5. The van der Waals surface area contributed by atoms with Crippen molar-refractivity contribution in [3.63, 3.8) is 0 Å². The maximum atomic E-state index is 13.2. The molecule has 95 heavy (non-hydrogen) atoms. The van der Waals surface area contributed by atoms with Crippen molar-refractivity contribution in [2.24, 2.45) is 0 Å². The fourth-order valence-corrected chi connectivity index (χ4v) is 11.4. The zero-order valence-electron chi connectivity index (χ0n) is 51.7. The van der Waals surface area contributed by atoms with Crippen molar-refractivity contribution in [3.05, 3.63) is 84.4 Å². The smallest absolute Gasteiger partial charge is 0.462 e. The van der Waals surface area contributed by atoms with Crippen molar-refractivity contribution in [3.8, 4) is 34.0 Å². The summed E-state index contributed by atoms with van der Waals surface area (Å²) < 4.78 is 120. The van der Waals surface area contributed by atoms with Gasteiger partial charge in [-0.25, -0.2) is 23.1 Å². The minimum atomic E-state index is -5.83. The number of aromatic nitrogens is 2. The lowest BCUT2D eigenvalue weighted by Gasteiger charge is -2.45. The van der Waals surface area contributed by atoms with Gasteiger partial charge in [0.2, 0.25) is 17.7 Å². The molecule has 532 valence electrons. The number of aliphatic hydroxyl groups excluding tert-OH is 2. The van der Waals surface area contributed by atoms with Crippen LogP contribution in [0.25, 0.3) is 34.0 Å². The van der Waals surface area contributed by atoms with Crippen LogP contribution in [-0.2, 0) is 99.7 Å². The number of nitrogens with one attached hydrogen (secondary N) is 2. The van der Waals surface area contributed by atoms with Crippen LogP contribution in [0.2, 0.25) is 0 Å². The van der Waals surface area contributed by atoms with Crippen LogP contribution in [0.4, 0.5) is 4.79 Å². The molecule has 0 aliphatic heterocycles. The SMILES string of the molecule is CCCCCC(=O)OC(COC(=O)CCCCCNC(=O)OCCOCCOCCOCCOCCOCCC(=O)NCc1ccc(-c2nnc(-c3ccc(-c4ccccc4)cc3)o2)cc1)COP(=O)(O)OC1C(O)C(OP(=O)(O)O)C(OP(=O)(O)O)C(OP(=O)(O)O)C1O. The molecule has 1 aliphatic carbocycles. The third-order valence-electron chi connectivity index (χ3n) is 13.3. The van der Waals surface area contributed by atoms with E-state index in [4.69, 9.17) is 51.4 Å². The van der Waals surface area contributed by atoms with E-state index >= 15 is 0 Å². The van der Waals surface area contributed by atoms with E-state index in [1.807, 2.05) is 85.8 Å². The van der Waals surface area contributed by atoms with E-state index in [2.05, 4.69) is 34.4 Å². The molecule has 35 nitrogen and oxygen atoms in total. The van der Waals surface area contributed by atoms with Gasteiger partial charge in [-0.1, -0.05) is 80.8 Å². The van der Waals surface area contributed by atoms with Crippen LogP contribution < -0.4 is 10.6 Å². The van der Waals surface area contributed by atoms with Crippen molar-refractivity contribution >= 4 is 55.2 Å². The van der Waals surface area contributed by atoms with Crippen LogP contribution >= 0.6 is 31.3 Å². The summed E-state index contributed by atoms with van der Waals surface area (Å²) in [5.74, 6) is -1.00. The fourth-order valence-electron chi connectivity index (χ4n) is 8.72. The Bertz CT molecular complexity index is 3080. The highest BCUT2D eigenvalue weighted by Crippen LogP contribution is 2.53. The zero-order chi connectivity index (χ0) is 69.3. The monoisotopic (exact) mass is 1430 g/mol. The third kappa shape index (κ3) is 32.7. The van der Waals surface area contributed by atoms with Crippen LogP contribution in [0, 0.1) is 0 Å². The first-order chi connectivity index (χ1) is 45.2. The molecule has 2 amide bonds. The lowest BCUT2D eigenvalue weighted by molar-refractivity contribution is -0.209. The molecule has 11 N–H and O–H groups in total. The molecule has 1 saturated carbocycles. The van der Waals surface area contributed by atoms with E-state index in [1.165, 1.54) is 0 Å². The van der Waals surface area contributed by atoms with Crippen LogP contribution in [-0.4, -0.2) is 214 Å². The second-order valence-electron chi connectivity index (χ2n) is 20.8. The minimum absolute atomic E-state index is 0.0388. The average Bonchev–Trinajstić information content (AvgIpc) is 1.26. The summed E-state index contributed by atoms with van der Waals surface area (Å²) in [6.07, 6.45) is -16.4. The van der Waals surface area contributed by atoms with Gasteiger partial charge in [-0.2, -0.15) is 0 Å². The molecular weight excluding hydrogens is 1350 g/mol. The number of esters is 2. The first-order valence-electron chi connectivity index (χ1n) is 29.9. The predicted octanol–water partition coefficient (Wildman–Crippen LogP) is 4.15. The quantitative estimate of drug-likeness (QED) is 0.0128. The Morgan fingerprint density at radius 2 is 0.968 bits per heavy atom. The molecule has 0 bridgehead atoms. The number of hydrogen-bond donors (Lipinski definition) is 11. The van der Waals surface area contributed by atoms with Crippen LogP contribution in [0.1, 0.15) is 70.3 Å². The number of rotatable bonds is 47. The highest BCUT2D eigenvalue weighted by atomic mass is 31.2. The number of phosphoric acid groups is 4. The number of phosphoric ester groups is 4. The predicted molar refractivity (Wildman–Crippen MR) is 327 cm³/mol. The Morgan fingerprint density at radius 1 is 0.495 bits per heavy atom. The van der Waals surface area contributed by atoms with Gasteiger partial charge >= 0.3 is 49.3 Å². The van der Waals surface area contributed by atoms with E-state index in [1.54, 1.807) is 0 Å². The maximum absolute atomic E-state index is 13.2. The fraction of sp³-hybridized carbons (Fsp3) is 0.571. The zero-order valence-corrected chi connectivity index (χ0v) is 55.3. The van der Waals surface area contributed by atoms with Gasteiger partial charge in [0.05, 0.1) is 72.7 Å². The van der Waals surface area contributed by atoms with E-state index in [-0.39, 0.29) is 71.2 Å². The van der Waals surface area contributed by atoms with E-state index in [9.17, 15) is 81.9 Å². The molecule has 0 spiro atoms. The number of hydrogen-bond acceptors (Lipinski definition) is 26. The van der Waals surface area contributed by atoms with Crippen molar-refractivity contribution in [1.29, 1.82) is 0 Å². The molecule has 39 heteroatoms. The Kier molecular flexibility index (Phi) is 35.3. The summed E-state index contributed by atoms with van der Waals surface area (Å²) in [5.41, 5.74) is 4.68. The Hall–Kier alpha value is -5.36. The van der Waals surface area contributed by atoms with Gasteiger partial charge in [-0.05, 0) is 60.2 Å². The number of ether oxygens (including phenoxy) is 8. The standard InChI is InChI=1S/C56H82N4O31P4/c1-2-3-6-14-47(63)86-44(38-85-95(76,77)91-50-48(64)51(88-92(67,68)69)53(90-94(73,74)75)52(49(50)65)89-93(70,71)72)37-84-46(62)13-9-5-10-24-57-56(66)83-35-34-82-33-32-81-31-30-80-29-28-79-27-26-78-25-23-45(61)58-36-39-15-17-42(18-16-39)54-59-60-55(87-54)43-21-19-41(20-22-43)40-11-7-4-8-12-40/h4,7-8,11-12,15-22,44,48-53,64-65H,2-3,5-6,9-10,13-14,23-38H2,1H3,(H,57,66)(H,58,61)(H,76,77)(H2,67,68,69)(H2,70,71,72)(H2,73,74,75). The Morgan fingerprint density at radius 3 is 1.51 bits per heavy atom. The van der Waals surface area contributed by atoms with Gasteiger partial charge in [0, 0.05) is 43.5 Å². The first-order valence-corrected chi connectivity index (χ1v) is 36.0. The van der Waals surface area contributed by atoms with Crippen molar-refractivity contribution in [2.45, 2.75) is 114 Å². The summed E-state index contributed by atoms with van der Waals surface area (Å²) in [6.45, 7) is 3.31. The van der Waals surface area contributed by atoms with E-state index in [0.29, 0.717) is 83.7 Å². The molecule has 1 heterocycles. The second-order valence-corrected chi connectivity index (χ2v) is 25.7. The summed E-state index contributed by atoms with van der Waals surface area (Å²) in [7, 11) is -23.2. The third-order valence-corrected chi connectivity index (χ3v) is 15.8. The van der Waals surface area contributed by atoms with Crippen LogP contribution in [0.15, 0.2) is 83.3 Å². The summed E-state index contributed by atoms with van der Waals surface area (Å²) >= 11 is 0. The highest BCUT2D eigenvalue weighted by Gasteiger charge is 2.59. The largest absolute Gasteiger partial charge is 0.472 e. The van der Waals surface area contributed by atoms with Gasteiger partial charge < -0.3 is 97.4 Å². The van der Waals surface area contributed by atoms with Gasteiger partial charge in [0.25, 0.3) is 0 Å². The molecule has 0 radical (unpaired) electrons. The summed E-state index contributed by atoms with van der Waals surface area (Å²) in [4.78, 5) is 117. The number of aliphatic hydroxyl groups is 2. The molecule has 6 unspecified atom stereocenters. The van der Waals surface area contributed by atoms with Crippen LogP contribution in [0.5, 0.6) is 0 Å². The number of carbonyl (C=O) groups is 4. The van der Waals surface area contributed by atoms with Crippen molar-refractivity contribution in [1.82, 2.24) is 20.8 Å². The molecule has 0 saturated heterocycles. The summed E-state index contributed by atoms with van der Waals surface area (Å²) in [5, 5.41) is 35.6. The molecular formula is C56H82N4O31P4. The molecule has 6 atom stereocenters. The van der Waals surface area contributed by atoms with Gasteiger partial charge in [0.1, 0.15) is 49.8 Å². The Balaban J connectivity index is 0.834. The molecule has 5 rings (SSSR count). The van der Waals surface area contributed by atoms with Gasteiger partial charge in [-0.15, -0.1) is 10.2 Å². The maximum Gasteiger partial charge on any atom is 0.472 e. The first kappa shape index (κ1) is 80.3. The van der Waals surface area contributed by atoms with E-state index in [0.717, 1.165) is 34.2 Å². The number of alkyl carbamates (subject to hydrolysis) is 1. The molecule has 4 aromatic rings. The Labute approximate surface area is 546 Å². The topological polar surface area (TPSA) is 502 Å². The normalized spacial score (nSPS) is 18.5. The van der Waals surface area contributed by atoms with Gasteiger partial charge in [-0.3, -0.25) is 37.0 Å². The second kappa shape index (κ2) is 41.8. The number of amides is 2. The molecule has 1 fully saturated rings.